The normalized spacial score (nSPS) is 17.6. The number of aryl methyl sites for hydroxylation is 1. The van der Waals surface area contributed by atoms with E-state index in [0.29, 0.717) is 17.4 Å². The molecule has 26 heavy (non-hydrogen) atoms. The van der Waals surface area contributed by atoms with E-state index in [1.165, 1.54) is 16.0 Å². The molecule has 0 saturated carbocycles. The topological polar surface area (TPSA) is 55.4 Å². The Balaban J connectivity index is 1.57. The molecule has 0 aromatic heterocycles. The molecule has 6 heteroatoms. The van der Waals surface area contributed by atoms with Gasteiger partial charge in [-0.15, -0.1) is 0 Å². The van der Waals surface area contributed by atoms with Crippen LogP contribution in [0.25, 0.3) is 0 Å². The van der Waals surface area contributed by atoms with E-state index in [9.17, 15) is 8.42 Å². The maximum Gasteiger partial charge on any atom is 0.240 e. The number of sulfonamides is 1. The molecule has 2 aliphatic heterocycles. The lowest BCUT2D eigenvalue weighted by Crippen LogP contribution is -2.32. The Morgan fingerprint density at radius 2 is 1.88 bits per heavy atom. The molecule has 0 radical (unpaired) electrons. The molecule has 0 amide bonds. The summed E-state index contributed by atoms with van der Waals surface area (Å²) in [5, 5.41) is 0. The van der Waals surface area contributed by atoms with E-state index >= 15 is 0 Å². The monoisotopic (exact) mass is 389 g/mol. The standard InChI is InChI=1S/C20H23NO3S2/c1-14-10-17-11-16-4-2-3-5-18(16)25-19(17)12-20(14)26(22,23)21-13-15-6-8-24-9-7-15/h2-5,10,12,15,21H,6-9,11,13H2,1H3. The minimum absolute atomic E-state index is 0.359. The van der Waals surface area contributed by atoms with Gasteiger partial charge in [0.25, 0.3) is 0 Å². The zero-order valence-electron chi connectivity index (χ0n) is 14.8. The number of hydrogen-bond donors (Lipinski definition) is 1. The minimum atomic E-state index is -3.51. The van der Waals surface area contributed by atoms with Crippen LogP contribution in [-0.2, 0) is 21.2 Å². The number of nitrogens with one attached hydrogen (secondary N) is 1. The van der Waals surface area contributed by atoms with Crippen molar-refractivity contribution in [2.24, 2.45) is 5.92 Å². The fourth-order valence-corrected chi connectivity index (χ4v) is 6.12. The van der Waals surface area contributed by atoms with E-state index in [1.807, 2.05) is 25.1 Å². The van der Waals surface area contributed by atoms with Crippen molar-refractivity contribution in [3.05, 3.63) is 53.1 Å². The van der Waals surface area contributed by atoms with Gasteiger partial charge >= 0.3 is 0 Å². The van der Waals surface area contributed by atoms with Crippen LogP contribution >= 0.6 is 11.8 Å². The second kappa shape index (κ2) is 7.35. The van der Waals surface area contributed by atoms with Gasteiger partial charge in [0.2, 0.25) is 10.0 Å². The fraction of sp³-hybridized carbons (Fsp3) is 0.400. The van der Waals surface area contributed by atoms with Crippen LogP contribution in [0, 0.1) is 12.8 Å². The highest BCUT2D eigenvalue weighted by Crippen LogP contribution is 2.41. The summed E-state index contributed by atoms with van der Waals surface area (Å²) >= 11 is 1.66. The zero-order valence-corrected chi connectivity index (χ0v) is 16.5. The van der Waals surface area contributed by atoms with E-state index < -0.39 is 10.0 Å². The summed E-state index contributed by atoms with van der Waals surface area (Å²) in [6.45, 7) is 3.81. The third-order valence-electron chi connectivity index (χ3n) is 5.12. The molecule has 1 fully saturated rings. The third kappa shape index (κ3) is 3.69. The van der Waals surface area contributed by atoms with E-state index in [2.05, 4.69) is 22.9 Å². The summed E-state index contributed by atoms with van der Waals surface area (Å²) in [6, 6.07) is 12.2. The summed E-state index contributed by atoms with van der Waals surface area (Å²) in [6.07, 6.45) is 2.69. The SMILES string of the molecule is Cc1cc2c(cc1S(=O)(=O)NCC1CCOCC1)Sc1ccccc1C2. The molecule has 4 rings (SSSR count). The Kier molecular flexibility index (Phi) is 5.10. The molecule has 4 nitrogen and oxygen atoms in total. The molecule has 0 atom stereocenters. The van der Waals surface area contributed by atoms with Gasteiger partial charge in [0.1, 0.15) is 0 Å². The third-order valence-corrected chi connectivity index (χ3v) is 7.91. The molecule has 2 aromatic rings. The maximum absolute atomic E-state index is 12.9. The number of hydrogen-bond acceptors (Lipinski definition) is 4. The molecule has 0 unspecified atom stereocenters. The summed E-state index contributed by atoms with van der Waals surface area (Å²) in [5.41, 5.74) is 3.32. The van der Waals surface area contributed by atoms with Crippen molar-refractivity contribution in [2.75, 3.05) is 19.8 Å². The highest BCUT2D eigenvalue weighted by Gasteiger charge is 2.24. The average molecular weight is 390 g/mol. The van der Waals surface area contributed by atoms with Crippen molar-refractivity contribution in [2.45, 2.75) is 40.9 Å². The van der Waals surface area contributed by atoms with Crippen LogP contribution in [0.2, 0.25) is 0 Å². The van der Waals surface area contributed by atoms with Crippen molar-refractivity contribution in [3.8, 4) is 0 Å². The van der Waals surface area contributed by atoms with Gasteiger partial charge < -0.3 is 4.74 Å². The van der Waals surface area contributed by atoms with E-state index in [-0.39, 0.29) is 0 Å². The van der Waals surface area contributed by atoms with Crippen LogP contribution < -0.4 is 4.72 Å². The predicted molar refractivity (Wildman–Crippen MR) is 103 cm³/mol. The van der Waals surface area contributed by atoms with Gasteiger partial charge in [-0.3, -0.25) is 0 Å². The van der Waals surface area contributed by atoms with Crippen molar-refractivity contribution in [1.82, 2.24) is 4.72 Å². The maximum atomic E-state index is 12.9. The summed E-state index contributed by atoms with van der Waals surface area (Å²) in [7, 11) is -3.51. The fourth-order valence-electron chi connectivity index (χ4n) is 3.58. The van der Waals surface area contributed by atoms with Crippen LogP contribution in [0.5, 0.6) is 0 Å². The Hall–Kier alpha value is -1.34. The van der Waals surface area contributed by atoms with Gasteiger partial charge in [-0.25, -0.2) is 13.1 Å². The van der Waals surface area contributed by atoms with Gasteiger partial charge in [0, 0.05) is 29.5 Å². The number of fused-ring (bicyclic) bond motifs is 2. The largest absolute Gasteiger partial charge is 0.381 e. The van der Waals surface area contributed by atoms with Crippen LogP contribution in [-0.4, -0.2) is 28.2 Å². The molecule has 2 aliphatic rings. The summed E-state index contributed by atoms with van der Waals surface area (Å²) < 4.78 is 33.9. The van der Waals surface area contributed by atoms with E-state index in [0.717, 1.165) is 42.9 Å². The molecular weight excluding hydrogens is 366 g/mol. The van der Waals surface area contributed by atoms with Gasteiger partial charge in [0.15, 0.2) is 0 Å². The first-order valence-corrected chi connectivity index (χ1v) is 11.3. The molecule has 2 heterocycles. The highest BCUT2D eigenvalue weighted by atomic mass is 32.2. The first kappa shape index (κ1) is 18.0. The molecule has 0 spiro atoms. The average Bonchev–Trinajstić information content (AvgIpc) is 2.65. The Bertz CT molecular complexity index is 919. The lowest BCUT2D eigenvalue weighted by atomic mass is 10.0. The van der Waals surface area contributed by atoms with Crippen LogP contribution in [0.15, 0.2) is 51.1 Å². The van der Waals surface area contributed by atoms with Crippen LogP contribution in [0.1, 0.15) is 29.5 Å². The second-order valence-electron chi connectivity index (χ2n) is 7.02. The number of rotatable bonds is 4. The summed E-state index contributed by atoms with van der Waals surface area (Å²) in [5.74, 6) is 0.359. The quantitative estimate of drug-likeness (QED) is 0.738. The highest BCUT2D eigenvalue weighted by molar-refractivity contribution is 7.99. The second-order valence-corrected chi connectivity index (χ2v) is 9.84. The Labute approximate surface area is 159 Å². The van der Waals surface area contributed by atoms with Crippen LogP contribution in [0.4, 0.5) is 0 Å². The summed E-state index contributed by atoms with van der Waals surface area (Å²) in [4.78, 5) is 2.65. The van der Waals surface area contributed by atoms with Gasteiger partial charge in [-0.2, -0.15) is 0 Å². The Morgan fingerprint density at radius 3 is 2.69 bits per heavy atom. The molecule has 0 aliphatic carbocycles. The molecule has 1 saturated heterocycles. The van der Waals surface area contributed by atoms with Crippen molar-refractivity contribution >= 4 is 21.8 Å². The van der Waals surface area contributed by atoms with Crippen molar-refractivity contribution in [3.63, 3.8) is 0 Å². The number of ether oxygens (including phenoxy) is 1. The lowest BCUT2D eigenvalue weighted by Gasteiger charge is -2.23. The Morgan fingerprint density at radius 1 is 1.12 bits per heavy atom. The zero-order chi connectivity index (χ0) is 18.1. The minimum Gasteiger partial charge on any atom is -0.381 e. The van der Waals surface area contributed by atoms with E-state index in [1.54, 1.807) is 11.8 Å². The van der Waals surface area contributed by atoms with E-state index in [4.69, 9.17) is 4.74 Å². The van der Waals surface area contributed by atoms with Gasteiger partial charge in [-0.05, 0) is 60.9 Å². The smallest absolute Gasteiger partial charge is 0.240 e. The van der Waals surface area contributed by atoms with Gasteiger partial charge in [0.05, 0.1) is 4.90 Å². The van der Waals surface area contributed by atoms with Crippen molar-refractivity contribution < 1.29 is 13.2 Å². The first-order valence-electron chi connectivity index (χ1n) is 8.99. The lowest BCUT2D eigenvalue weighted by molar-refractivity contribution is 0.0678. The van der Waals surface area contributed by atoms with Crippen molar-refractivity contribution in [1.29, 1.82) is 0 Å². The molecule has 138 valence electrons. The van der Waals surface area contributed by atoms with Crippen LogP contribution in [0.3, 0.4) is 0 Å². The first-order chi connectivity index (χ1) is 12.5. The molecule has 2 aromatic carbocycles. The number of benzene rings is 2. The molecule has 1 N–H and O–H groups in total. The predicted octanol–water partition coefficient (Wildman–Crippen LogP) is 3.76. The van der Waals surface area contributed by atoms with Gasteiger partial charge in [-0.1, -0.05) is 36.0 Å². The molecule has 0 bridgehead atoms. The molecular formula is C20H23NO3S2.